The molecule has 4 heteroatoms. The standard InChI is InChI=1S/C13H10BrClFN/c14-12-2-1-10(16)8-11(12)13(15)7-9-3-5-17-6-4-9/h1-6,8,13H,7H2. The molecule has 0 aliphatic rings. The fourth-order valence-electron chi connectivity index (χ4n) is 1.59. The first kappa shape index (κ1) is 12.5. The van der Waals surface area contributed by atoms with Gasteiger partial charge in [-0.1, -0.05) is 15.9 Å². The molecule has 0 aliphatic heterocycles. The molecule has 0 spiro atoms. The Bertz CT molecular complexity index is 504. The fraction of sp³-hybridized carbons (Fsp3) is 0.154. The first-order valence-electron chi connectivity index (χ1n) is 5.15. The zero-order valence-electron chi connectivity index (χ0n) is 8.91. The highest BCUT2D eigenvalue weighted by Crippen LogP contribution is 2.31. The maximum atomic E-state index is 13.2. The second-order valence-corrected chi connectivity index (χ2v) is 5.07. The van der Waals surface area contributed by atoms with E-state index >= 15 is 0 Å². The van der Waals surface area contributed by atoms with E-state index in [2.05, 4.69) is 20.9 Å². The molecule has 0 fully saturated rings. The van der Waals surface area contributed by atoms with Gasteiger partial charge in [-0.05, 0) is 47.9 Å². The van der Waals surface area contributed by atoms with Crippen molar-refractivity contribution in [3.05, 3.63) is 64.1 Å². The number of aromatic nitrogens is 1. The first-order valence-corrected chi connectivity index (χ1v) is 6.37. The minimum atomic E-state index is -0.274. The van der Waals surface area contributed by atoms with Crippen LogP contribution in [0.3, 0.4) is 0 Å². The molecular weight excluding hydrogens is 305 g/mol. The number of hydrogen-bond acceptors (Lipinski definition) is 1. The van der Waals surface area contributed by atoms with Crippen LogP contribution in [0.1, 0.15) is 16.5 Å². The maximum absolute atomic E-state index is 13.2. The lowest BCUT2D eigenvalue weighted by Gasteiger charge is -2.12. The van der Waals surface area contributed by atoms with Crippen LogP contribution in [0.4, 0.5) is 4.39 Å². The van der Waals surface area contributed by atoms with Crippen molar-refractivity contribution in [2.75, 3.05) is 0 Å². The van der Waals surface area contributed by atoms with Gasteiger partial charge in [-0.3, -0.25) is 4.98 Å². The van der Waals surface area contributed by atoms with Crippen LogP contribution >= 0.6 is 27.5 Å². The second-order valence-electron chi connectivity index (χ2n) is 3.69. The Kier molecular flexibility index (Phi) is 4.13. The highest BCUT2D eigenvalue weighted by Gasteiger charge is 2.13. The number of rotatable bonds is 3. The van der Waals surface area contributed by atoms with E-state index in [9.17, 15) is 4.39 Å². The molecule has 2 rings (SSSR count). The molecule has 0 bridgehead atoms. The molecule has 88 valence electrons. The van der Waals surface area contributed by atoms with Crippen molar-refractivity contribution in [3.8, 4) is 0 Å². The van der Waals surface area contributed by atoms with Crippen molar-refractivity contribution in [1.82, 2.24) is 4.98 Å². The molecule has 1 heterocycles. The van der Waals surface area contributed by atoms with Crippen molar-refractivity contribution in [1.29, 1.82) is 0 Å². The normalized spacial score (nSPS) is 12.4. The topological polar surface area (TPSA) is 12.9 Å². The van der Waals surface area contributed by atoms with Crippen molar-refractivity contribution in [2.45, 2.75) is 11.8 Å². The third-order valence-corrected chi connectivity index (χ3v) is 3.57. The van der Waals surface area contributed by atoms with Crippen molar-refractivity contribution >= 4 is 27.5 Å². The van der Waals surface area contributed by atoms with E-state index in [-0.39, 0.29) is 11.2 Å². The molecule has 1 unspecified atom stereocenters. The number of hydrogen-bond donors (Lipinski definition) is 0. The van der Waals surface area contributed by atoms with Crippen LogP contribution in [-0.2, 0) is 6.42 Å². The molecule has 1 nitrogen and oxygen atoms in total. The average Bonchev–Trinajstić information content (AvgIpc) is 2.33. The summed E-state index contributed by atoms with van der Waals surface area (Å²) in [5, 5.41) is -0.262. The summed E-state index contributed by atoms with van der Waals surface area (Å²) in [6.07, 6.45) is 4.09. The van der Waals surface area contributed by atoms with Crippen molar-refractivity contribution in [3.63, 3.8) is 0 Å². The molecule has 0 saturated carbocycles. The molecule has 1 aromatic carbocycles. The molecule has 0 aliphatic carbocycles. The molecule has 0 saturated heterocycles. The molecule has 0 N–H and O–H groups in total. The van der Waals surface area contributed by atoms with Crippen LogP contribution in [0, 0.1) is 5.82 Å². The van der Waals surface area contributed by atoms with E-state index in [0.29, 0.717) is 6.42 Å². The largest absolute Gasteiger partial charge is 0.265 e. The van der Waals surface area contributed by atoms with Gasteiger partial charge in [0.1, 0.15) is 5.82 Å². The van der Waals surface area contributed by atoms with Crippen LogP contribution in [0.2, 0.25) is 0 Å². The lowest BCUT2D eigenvalue weighted by molar-refractivity contribution is 0.624. The molecule has 1 aromatic heterocycles. The SMILES string of the molecule is Fc1ccc(Br)c(C(Cl)Cc2ccncc2)c1. The van der Waals surface area contributed by atoms with Gasteiger partial charge in [0.2, 0.25) is 0 Å². The molecule has 2 aromatic rings. The minimum absolute atomic E-state index is 0.262. The summed E-state index contributed by atoms with van der Waals surface area (Å²) in [5.41, 5.74) is 1.85. The van der Waals surface area contributed by atoms with Gasteiger partial charge < -0.3 is 0 Å². The third-order valence-electron chi connectivity index (χ3n) is 2.46. The number of nitrogens with zero attached hydrogens (tertiary/aromatic N) is 1. The average molecular weight is 315 g/mol. The van der Waals surface area contributed by atoms with E-state index < -0.39 is 0 Å². The highest BCUT2D eigenvalue weighted by molar-refractivity contribution is 9.10. The Morgan fingerprint density at radius 2 is 1.94 bits per heavy atom. The minimum Gasteiger partial charge on any atom is -0.265 e. The van der Waals surface area contributed by atoms with Crippen LogP contribution in [0.5, 0.6) is 0 Å². The van der Waals surface area contributed by atoms with Gasteiger partial charge >= 0.3 is 0 Å². The quantitative estimate of drug-likeness (QED) is 0.760. The lowest BCUT2D eigenvalue weighted by atomic mass is 10.0. The van der Waals surface area contributed by atoms with E-state index in [1.54, 1.807) is 18.5 Å². The zero-order chi connectivity index (χ0) is 12.3. The summed E-state index contributed by atoms with van der Waals surface area (Å²) in [7, 11) is 0. The Morgan fingerprint density at radius 1 is 1.24 bits per heavy atom. The van der Waals surface area contributed by atoms with E-state index in [4.69, 9.17) is 11.6 Å². The Balaban J connectivity index is 2.20. The zero-order valence-corrected chi connectivity index (χ0v) is 11.2. The summed E-state index contributed by atoms with van der Waals surface area (Å²) in [4.78, 5) is 3.94. The Morgan fingerprint density at radius 3 is 2.65 bits per heavy atom. The molecule has 1 atom stereocenters. The molecular formula is C13H10BrClFN. The van der Waals surface area contributed by atoms with Gasteiger partial charge in [0.15, 0.2) is 0 Å². The van der Waals surface area contributed by atoms with Crippen molar-refractivity contribution < 1.29 is 4.39 Å². The van der Waals surface area contributed by atoms with Crippen molar-refractivity contribution in [2.24, 2.45) is 0 Å². The fourth-order valence-corrected chi connectivity index (χ4v) is 2.60. The molecule has 17 heavy (non-hydrogen) atoms. The van der Waals surface area contributed by atoms with Crippen LogP contribution in [-0.4, -0.2) is 4.98 Å². The van der Waals surface area contributed by atoms with E-state index in [0.717, 1.165) is 15.6 Å². The summed E-state index contributed by atoms with van der Waals surface area (Å²) in [6.45, 7) is 0. The number of benzene rings is 1. The first-order chi connectivity index (χ1) is 8.16. The van der Waals surface area contributed by atoms with Crippen LogP contribution in [0.25, 0.3) is 0 Å². The lowest BCUT2D eigenvalue weighted by Crippen LogP contribution is -1.98. The smallest absolute Gasteiger partial charge is 0.123 e. The highest BCUT2D eigenvalue weighted by atomic mass is 79.9. The maximum Gasteiger partial charge on any atom is 0.123 e. The van der Waals surface area contributed by atoms with Crippen LogP contribution < -0.4 is 0 Å². The molecule has 0 amide bonds. The predicted molar refractivity (Wildman–Crippen MR) is 70.6 cm³/mol. The monoisotopic (exact) mass is 313 g/mol. The summed E-state index contributed by atoms with van der Waals surface area (Å²) >= 11 is 9.68. The number of alkyl halides is 1. The van der Waals surface area contributed by atoms with Gasteiger partial charge in [0, 0.05) is 16.9 Å². The van der Waals surface area contributed by atoms with Gasteiger partial charge in [-0.15, -0.1) is 11.6 Å². The summed E-state index contributed by atoms with van der Waals surface area (Å²) in [6, 6.07) is 8.35. The number of halogens is 3. The summed E-state index contributed by atoms with van der Waals surface area (Å²) < 4.78 is 14.0. The van der Waals surface area contributed by atoms with E-state index in [1.807, 2.05) is 12.1 Å². The van der Waals surface area contributed by atoms with Gasteiger partial charge in [0.25, 0.3) is 0 Å². The van der Waals surface area contributed by atoms with Gasteiger partial charge in [-0.2, -0.15) is 0 Å². The Hall–Kier alpha value is -0.930. The molecule has 0 radical (unpaired) electrons. The Labute approximate surface area is 113 Å². The summed E-state index contributed by atoms with van der Waals surface area (Å²) in [5.74, 6) is -0.274. The van der Waals surface area contributed by atoms with Gasteiger partial charge in [0.05, 0.1) is 5.38 Å². The third kappa shape index (κ3) is 3.27. The second kappa shape index (κ2) is 5.61. The number of pyridine rings is 1. The van der Waals surface area contributed by atoms with E-state index in [1.165, 1.54) is 12.1 Å². The predicted octanol–water partition coefficient (Wildman–Crippen LogP) is 4.51. The van der Waals surface area contributed by atoms with Gasteiger partial charge in [-0.25, -0.2) is 4.39 Å². The van der Waals surface area contributed by atoms with Crippen LogP contribution in [0.15, 0.2) is 47.2 Å².